The minimum absolute atomic E-state index is 0.0449. The second-order valence-electron chi connectivity index (χ2n) is 9.82. The maximum atomic E-state index is 13.0. The lowest BCUT2D eigenvalue weighted by atomic mass is 10.0. The lowest BCUT2D eigenvalue weighted by Gasteiger charge is -2.36. The second-order valence-corrected chi connectivity index (χ2v) is 9.82. The van der Waals surface area contributed by atoms with Crippen LogP contribution in [0.2, 0.25) is 0 Å². The maximum absolute atomic E-state index is 13.0. The molecular formula is C26H28N4O2. The van der Waals surface area contributed by atoms with E-state index in [0.29, 0.717) is 37.8 Å². The van der Waals surface area contributed by atoms with E-state index in [9.17, 15) is 9.59 Å². The predicted molar refractivity (Wildman–Crippen MR) is 123 cm³/mol. The molecule has 6 nitrogen and oxygen atoms in total. The number of piperazine rings is 1. The van der Waals surface area contributed by atoms with Crippen molar-refractivity contribution in [2.45, 2.75) is 38.6 Å². The van der Waals surface area contributed by atoms with Gasteiger partial charge in [-0.1, -0.05) is 31.2 Å². The quantitative estimate of drug-likeness (QED) is 0.628. The van der Waals surface area contributed by atoms with E-state index < -0.39 is 0 Å². The summed E-state index contributed by atoms with van der Waals surface area (Å²) >= 11 is 0. The van der Waals surface area contributed by atoms with Crippen LogP contribution in [-0.2, 0) is 4.79 Å². The molecule has 0 unspecified atom stereocenters. The number of aromatic nitrogens is 2. The third-order valence-electron chi connectivity index (χ3n) is 7.33. The zero-order valence-corrected chi connectivity index (χ0v) is 18.5. The summed E-state index contributed by atoms with van der Waals surface area (Å²) in [6.45, 7) is 4.51. The molecule has 3 aromatic rings. The zero-order chi connectivity index (χ0) is 21.9. The van der Waals surface area contributed by atoms with Crippen molar-refractivity contribution in [1.82, 2.24) is 19.6 Å². The van der Waals surface area contributed by atoms with E-state index >= 15 is 0 Å². The van der Waals surface area contributed by atoms with Crippen molar-refractivity contribution in [3.05, 3.63) is 54.2 Å². The van der Waals surface area contributed by atoms with Gasteiger partial charge in [0.2, 0.25) is 5.91 Å². The summed E-state index contributed by atoms with van der Waals surface area (Å²) in [6, 6.07) is 14.9. The van der Waals surface area contributed by atoms with Gasteiger partial charge in [0.1, 0.15) is 0 Å². The molecule has 1 aromatic heterocycles. The average molecular weight is 429 g/mol. The third kappa shape index (κ3) is 3.38. The van der Waals surface area contributed by atoms with Crippen LogP contribution in [0.3, 0.4) is 0 Å². The van der Waals surface area contributed by atoms with Crippen LogP contribution in [0.5, 0.6) is 0 Å². The lowest BCUT2D eigenvalue weighted by Crippen LogP contribution is -2.52. The summed E-state index contributed by atoms with van der Waals surface area (Å²) in [5.74, 6) is 0.303. The maximum Gasteiger partial charge on any atom is 0.253 e. The Balaban J connectivity index is 1.15. The number of amides is 2. The van der Waals surface area contributed by atoms with Crippen LogP contribution in [0, 0.1) is 5.41 Å². The lowest BCUT2D eigenvalue weighted by molar-refractivity contribution is -0.137. The number of rotatable bonds is 4. The van der Waals surface area contributed by atoms with E-state index in [1.165, 1.54) is 23.7 Å². The van der Waals surface area contributed by atoms with E-state index in [1.54, 1.807) is 0 Å². The molecule has 6 heteroatoms. The predicted octanol–water partition coefficient (Wildman–Crippen LogP) is 4.12. The van der Waals surface area contributed by atoms with Crippen molar-refractivity contribution in [3.8, 4) is 11.1 Å². The number of hydrogen-bond acceptors (Lipinski definition) is 3. The first-order valence-electron chi connectivity index (χ1n) is 11.7. The molecule has 2 aliphatic carbocycles. The molecule has 2 amide bonds. The SMILES string of the molecule is CC1(C(=O)N2CCN(C(=O)c3ccc(-c4ccc5cnn(C6CC6)c5c4)cc3)CC2)CC1. The van der Waals surface area contributed by atoms with E-state index in [1.807, 2.05) is 47.2 Å². The molecule has 1 aliphatic heterocycles. The summed E-state index contributed by atoms with van der Waals surface area (Å²) in [6.07, 6.45) is 6.34. The molecule has 0 radical (unpaired) electrons. The standard InChI is InChI=1S/C26H28N4O2/c1-26(10-11-26)25(32)29-14-12-28(13-15-29)24(31)19-4-2-18(3-5-19)20-6-7-21-17-27-30(22-8-9-22)23(21)16-20/h2-7,16-17,22H,8-15H2,1H3. The third-order valence-corrected chi connectivity index (χ3v) is 7.33. The highest BCUT2D eigenvalue weighted by Gasteiger charge is 2.47. The molecule has 2 saturated carbocycles. The van der Waals surface area contributed by atoms with Crippen LogP contribution in [0.15, 0.2) is 48.7 Å². The van der Waals surface area contributed by atoms with Gasteiger partial charge in [-0.25, -0.2) is 0 Å². The smallest absolute Gasteiger partial charge is 0.253 e. The fourth-order valence-corrected chi connectivity index (χ4v) is 4.71. The normalized spacial score (nSPS) is 19.9. The van der Waals surface area contributed by atoms with Crippen molar-refractivity contribution in [2.24, 2.45) is 5.41 Å². The number of benzene rings is 2. The van der Waals surface area contributed by atoms with E-state index in [-0.39, 0.29) is 17.2 Å². The van der Waals surface area contributed by atoms with Crippen molar-refractivity contribution >= 4 is 22.7 Å². The first-order valence-corrected chi connectivity index (χ1v) is 11.7. The van der Waals surface area contributed by atoms with Gasteiger partial charge in [-0.2, -0.15) is 5.10 Å². The van der Waals surface area contributed by atoms with Crippen LogP contribution in [0.1, 0.15) is 49.0 Å². The first-order chi connectivity index (χ1) is 15.5. The number of fused-ring (bicyclic) bond motifs is 1. The van der Waals surface area contributed by atoms with Gasteiger partial charge in [0.25, 0.3) is 5.91 Å². The zero-order valence-electron chi connectivity index (χ0n) is 18.5. The molecular weight excluding hydrogens is 400 g/mol. The highest BCUT2D eigenvalue weighted by atomic mass is 16.2. The molecule has 164 valence electrons. The Hall–Kier alpha value is -3.15. The highest BCUT2D eigenvalue weighted by Crippen LogP contribution is 2.46. The molecule has 2 aromatic carbocycles. The van der Waals surface area contributed by atoms with Crippen LogP contribution >= 0.6 is 0 Å². The molecule has 0 spiro atoms. The van der Waals surface area contributed by atoms with Gasteiger partial charge >= 0.3 is 0 Å². The Morgan fingerprint density at radius 2 is 1.56 bits per heavy atom. The van der Waals surface area contributed by atoms with Crippen molar-refractivity contribution in [2.75, 3.05) is 26.2 Å². The Labute approximate surface area is 187 Å². The molecule has 1 saturated heterocycles. The molecule has 6 rings (SSSR count). The molecule has 3 fully saturated rings. The molecule has 2 heterocycles. The fourth-order valence-electron chi connectivity index (χ4n) is 4.71. The molecule has 32 heavy (non-hydrogen) atoms. The van der Waals surface area contributed by atoms with Gasteiger partial charge in [-0.15, -0.1) is 0 Å². The van der Waals surface area contributed by atoms with Crippen molar-refractivity contribution < 1.29 is 9.59 Å². The molecule has 0 atom stereocenters. The fraction of sp³-hybridized carbons (Fsp3) is 0.423. The first kappa shape index (κ1) is 19.5. The van der Waals surface area contributed by atoms with Crippen LogP contribution in [0.4, 0.5) is 0 Å². The second kappa shape index (κ2) is 7.19. The van der Waals surface area contributed by atoms with Gasteiger partial charge in [0.15, 0.2) is 0 Å². The average Bonchev–Trinajstić information content (AvgIpc) is 3.77. The van der Waals surface area contributed by atoms with Crippen molar-refractivity contribution in [3.63, 3.8) is 0 Å². The minimum atomic E-state index is -0.138. The van der Waals surface area contributed by atoms with Crippen LogP contribution in [-0.4, -0.2) is 57.6 Å². The topological polar surface area (TPSA) is 58.4 Å². The Morgan fingerprint density at radius 3 is 2.22 bits per heavy atom. The monoisotopic (exact) mass is 428 g/mol. The molecule has 3 aliphatic rings. The van der Waals surface area contributed by atoms with E-state index in [2.05, 4.69) is 28.0 Å². The van der Waals surface area contributed by atoms with Gasteiger partial charge < -0.3 is 9.80 Å². The summed E-state index contributed by atoms with van der Waals surface area (Å²) < 4.78 is 2.14. The Morgan fingerprint density at radius 1 is 0.906 bits per heavy atom. The largest absolute Gasteiger partial charge is 0.339 e. The number of nitrogens with zero attached hydrogens (tertiary/aromatic N) is 4. The van der Waals surface area contributed by atoms with E-state index in [0.717, 1.165) is 24.0 Å². The molecule has 0 bridgehead atoms. The van der Waals surface area contributed by atoms with Gasteiger partial charge in [0, 0.05) is 42.5 Å². The minimum Gasteiger partial charge on any atom is -0.339 e. The number of hydrogen-bond donors (Lipinski definition) is 0. The van der Waals surface area contributed by atoms with Crippen molar-refractivity contribution in [1.29, 1.82) is 0 Å². The van der Waals surface area contributed by atoms with Crippen LogP contribution < -0.4 is 0 Å². The van der Waals surface area contributed by atoms with E-state index in [4.69, 9.17) is 0 Å². The number of carbonyl (C=O) groups is 2. The summed E-state index contributed by atoms with van der Waals surface area (Å²) in [4.78, 5) is 29.4. The van der Waals surface area contributed by atoms with Gasteiger partial charge in [-0.05, 0) is 55.0 Å². The van der Waals surface area contributed by atoms with Gasteiger partial charge in [-0.3, -0.25) is 14.3 Å². The van der Waals surface area contributed by atoms with Gasteiger partial charge in [0.05, 0.1) is 17.8 Å². The number of carbonyl (C=O) groups excluding carboxylic acids is 2. The summed E-state index contributed by atoms with van der Waals surface area (Å²) in [5.41, 5.74) is 3.98. The summed E-state index contributed by atoms with van der Waals surface area (Å²) in [5, 5.41) is 5.72. The van der Waals surface area contributed by atoms with Crippen LogP contribution in [0.25, 0.3) is 22.0 Å². The summed E-state index contributed by atoms with van der Waals surface area (Å²) in [7, 11) is 0. The highest BCUT2D eigenvalue weighted by molar-refractivity contribution is 5.95. The molecule has 0 N–H and O–H groups in total. The Kier molecular flexibility index (Phi) is 4.39. The Bertz CT molecular complexity index is 1200.